The van der Waals surface area contributed by atoms with Crippen molar-refractivity contribution >= 4 is 17.6 Å². The summed E-state index contributed by atoms with van der Waals surface area (Å²) in [5.41, 5.74) is 5.43. The predicted octanol–water partition coefficient (Wildman–Crippen LogP) is 1.65. The number of rotatable bonds is 1. The molecule has 1 aliphatic heterocycles. The number of carbonyl (C=O) groups is 2. The second-order valence-electron chi connectivity index (χ2n) is 5.36. The van der Waals surface area contributed by atoms with Crippen LogP contribution in [0, 0.1) is 0 Å². The topological polar surface area (TPSA) is 72.6 Å². The number of anilines is 1. The summed E-state index contributed by atoms with van der Waals surface area (Å²) >= 11 is 0. The van der Waals surface area contributed by atoms with E-state index in [4.69, 9.17) is 5.73 Å². The Kier molecular flexibility index (Phi) is 3.80. The van der Waals surface area contributed by atoms with Crippen molar-refractivity contribution in [3.05, 3.63) is 29.3 Å². The second kappa shape index (κ2) is 5.19. The molecule has 2 rings (SSSR count). The van der Waals surface area contributed by atoms with Crippen molar-refractivity contribution in [3.63, 3.8) is 0 Å². The zero-order valence-electron chi connectivity index (χ0n) is 12.0. The van der Waals surface area contributed by atoms with Crippen LogP contribution in [0.5, 0.6) is 0 Å². The van der Waals surface area contributed by atoms with Gasteiger partial charge in [0, 0.05) is 18.7 Å². The van der Waals surface area contributed by atoms with Gasteiger partial charge in [0.1, 0.15) is 5.54 Å². The Morgan fingerprint density at radius 2 is 1.95 bits per heavy atom. The van der Waals surface area contributed by atoms with Crippen molar-refractivity contribution < 1.29 is 27.5 Å². The van der Waals surface area contributed by atoms with Gasteiger partial charge in [-0.05, 0) is 30.2 Å². The molecule has 5 nitrogen and oxygen atoms in total. The lowest BCUT2D eigenvalue weighted by Gasteiger charge is -2.43. The SMILES string of the molecule is COC(=O)C1(C)Cc2ccc(N)cc2CN1C(=O)C(F)(F)F. The van der Waals surface area contributed by atoms with Gasteiger partial charge < -0.3 is 15.4 Å². The maximum absolute atomic E-state index is 12.8. The molecule has 0 saturated heterocycles. The Morgan fingerprint density at radius 3 is 2.50 bits per heavy atom. The van der Waals surface area contributed by atoms with Crippen LogP contribution in [-0.2, 0) is 27.3 Å². The molecule has 22 heavy (non-hydrogen) atoms. The van der Waals surface area contributed by atoms with E-state index in [0.717, 1.165) is 7.11 Å². The van der Waals surface area contributed by atoms with Crippen LogP contribution in [0.2, 0.25) is 0 Å². The minimum atomic E-state index is -5.08. The van der Waals surface area contributed by atoms with E-state index in [9.17, 15) is 22.8 Å². The summed E-state index contributed by atoms with van der Waals surface area (Å²) in [6, 6.07) is 4.74. The quantitative estimate of drug-likeness (QED) is 0.631. The molecule has 2 N–H and O–H groups in total. The van der Waals surface area contributed by atoms with E-state index < -0.39 is 23.6 Å². The van der Waals surface area contributed by atoms with E-state index in [1.807, 2.05) is 0 Å². The van der Waals surface area contributed by atoms with E-state index >= 15 is 0 Å². The number of carbonyl (C=O) groups excluding carboxylic acids is 2. The lowest BCUT2D eigenvalue weighted by atomic mass is 9.83. The summed E-state index contributed by atoms with van der Waals surface area (Å²) in [4.78, 5) is 24.2. The fourth-order valence-electron chi connectivity index (χ4n) is 2.63. The molecular formula is C14H15F3N2O3. The number of hydrogen-bond donors (Lipinski definition) is 1. The van der Waals surface area contributed by atoms with E-state index in [2.05, 4.69) is 4.74 Å². The third kappa shape index (κ3) is 2.60. The lowest BCUT2D eigenvalue weighted by Crippen LogP contribution is -2.61. The first-order valence-electron chi connectivity index (χ1n) is 6.44. The van der Waals surface area contributed by atoms with Crippen LogP contribution in [-0.4, -0.2) is 35.6 Å². The van der Waals surface area contributed by atoms with E-state index in [1.54, 1.807) is 12.1 Å². The van der Waals surface area contributed by atoms with Crippen molar-refractivity contribution in [2.45, 2.75) is 31.6 Å². The van der Waals surface area contributed by atoms with Gasteiger partial charge in [0.25, 0.3) is 0 Å². The highest BCUT2D eigenvalue weighted by Crippen LogP contribution is 2.35. The van der Waals surface area contributed by atoms with Gasteiger partial charge in [-0.1, -0.05) is 6.07 Å². The highest BCUT2D eigenvalue weighted by atomic mass is 19.4. The van der Waals surface area contributed by atoms with Crippen molar-refractivity contribution in [1.29, 1.82) is 0 Å². The van der Waals surface area contributed by atoms with Gasteiger partial charge in [0.15, 0.2) is 0 Å². The molecule has 1 amide bonds. The molecular weight excluding hydrogens is 301 g/mol. The third-order valence-electron chi connectivity index (χ3n) is 3.80. The monoisotopic (exact) mass is 316 g/mol. The summed E-state index contributed by atoms with van der Waals surface area (Å²) in [6.07, 6.45) is -5.15. The first kappa shape index (κ1) is 16.1. The molecule has 1 atom stereocenters. The van der Waals surface area contributed by atoms with E-state index in [1.165, 1.54) is 13.0 Å². The normalized spacial score (nSPS) is 21.2. The fraction of sp³-hybridized carbons (Fsp3) is 0.429. The highest BCUT2D eigenvalue weighted by molar-refractivity contribution is 5.91. The minimum Gasteiger partial charge on any atom is -0.467 e. The number of fused-ring (bicyclic) bond motifs is 1. The zero-order chi connectivity index (χ0) is 16.7. The van der Waals surface area contributed by atoms with Gasteiger partial charge in [-0.3, -0.25) is 4.79 Å². The molecule has 1 heterocycles. The summed E-state index contributed by atoms with van der Waals surface area (Å²) in [6.45, 7) is 0.909. The van der Waals surface area contributed by atoms with Crippen LogP contribution in [0.1, 0.15) is 18.1 Å². The van der Waals surface area contributed by atoms with E-state index in [-0.39, 0.29) is 13.0 Å². The third-order valence-corrected chi connectivity index (χ3v) is 3.80. The van der Waals surface area contributed by atoms with Crippen molar-refractivity contribution in [3.8, 4) is 0 Å². The van der Waals surface area contributed by atoms with Crippen LogP contribution >= 0.6 is 0 Å². The minimum absolute atomic E-state index is 0.0723. The van der Waals surface area contributed by atoms with Crippen molar-refractivity contribution in [2.24, 2.45) is 0 Å². The van der Waals surface area contributed by atoms with Gasteiger partial charge in [0.2, 0.25) is 0 Å². The summed E-state index contributed by atoms with van der Waals surface area (Å²) in [5, 5.41) is 0. The van der Waals surface area contributed by atoms with Crippen LogP contribution in [0.15, 0.2) is 18.2 Å². The van der Waals surface area contributed by atoms with Crippen LogP contribution in [0.4, 0.5) is 18.9 Å². The number of nitrogens with zero attached hydrogens (tertiary/aromatic N) is 1. The largest absolute Gasteiger partial charge is 0.471 e. The van der Waals surface area contributed by atoms with Gasteiger partial charge in [-0.25, -0.2) is 4.79 Å². The molecule has 1 aliphatic rings. The van der Waals surface area contributed by atoms with Crippen LogP contribution in [0.3, 0.4) is 0 Å². The summed E-state index contributed by atoms with van der Waals surface area (Å²) in [7, 11) is 1.07. The van der Waals surface area contributed by atoms with Gasteiger partial charge >= 0.3 is 18.1 Å². The molecule has 8 heteroatoms. The van der Waals surface area contributed by atoms with Crippen molar-refractivity contribution in [1.82, 2.24) is 4.90 Å². The summed E-state index contributed by atoms with van der Waals surface area (Å²) in [5.74, 6) is -2.97. The first-order valence-corrected chi connectivity index (χ1v) is 6.44. The molecule has 0 saturated carbocycles. The van der Waals surface area contributed by atoms with Gasteiger partial charge in [-0.2, -0.15) is 13.2 Å². The molecule has 120 valence electrons. The molecule has 0 spiro atoms. The summed E-state index contributed by atoms with van der Waals surface area (Å²) < 4.78 is 43.1. The predicted molar refractivity (Wildman–Crippen MR) is 71.6 cm³/mol. The highest BCUT2D eigenvalue weighted by Gasteiger charge is 2.53. The number of hydrogen-bond acceptors (Lipinski definition) is 4. The molecule has 1 aromatic carbocycles. The molecule has 0 radical (unpaired) electrons. The number of nitrogen functional groups attached to an aromatic ring is 1. The Morgan fingerprint density at radius 1 is 1.32 bits per heavy atom. The Labute approximate surface area is 124 Å². The molecule has 1 unspecified atom stereocenters. The number of ether oxygens (including phenoxy) is 1. The van der Waals surface area contributed by atoms with E-state index in [0.29, 0.717) is 21.7 Å². The van der Waals surface area contributed by atoms with Crippen molar-refractivity contribution in [2.75, 3.05) is 12.8 Å². The van der Waals surface area contributed by atoms with Crippen LogP contribution < -0.4 is 5.73 Å². The number of alkyl halides is 3. The number of esters is 1. The number of methoxy groups -OCH3 is 1. The average molecular weight is 316 g/mol. The smallest absolute Gasteiger partial charge is 0.467 e. The standard InChI is InChI=1S/C14H15F3N2O3/c1-13(12(21)22-2)6-8-3-4-10(18)5-9(8)7-19(13)11(20)14(15,16)17/h3-5H,6-7,18H2,1-2H3. The maximum Gasteiger partial charge on any atom is 0.471 e. The molecule has 0 bridgehead atoms. The first-order chi connectivity index (χ1) is 10.1. The number of amides is 1. The Hall–Kier alpha value is -2.25. The lowest BCUT2D eigenvalue weighted by molar-refractivity contribution is -0.196. The number of nitrogens with two attached hydrogens (primary N) is 1. The number of benzene rings is 1. The Balaban J connectivity index is 2.52. The van der Waals surface area contributed by atoms with Crippen LogP contribution in [0.25, 0.3) is 0 Å². The van der Waals surface area contributed by atoms with Gasteiger partial charge in [-0.15, -0.1) is 0 Å². The molecule has 0 aromatic heterocycles. The Bertz CT molecular complexity index is 630. The molecule has 1 aromatic rings. The molecule has 0 fully saturated rings. The van der Waals surface area contributed by atoms with Gasteiger partial charge in [0.05, 0.1) is 7.11 Å². The number of halogens is 3. The fourth-order valence-corrected chi connectivity index (χ4v) is 2.63. The zero-order valence-corrected chi connectivity index (χ0v) is 12.0. The average Bonchev–Trinajstić information content (AvgIpc) is 2.44. The second-order valence-corrected chi connectivity index (χ2v) is 5.36. The molecule has 0 aliphatic carbocycles. The maximum atomic E-state index is 12.8.